The van der Waals surface area contributed by atoms with E-state index in [-0.39, 0.29) is 11.5 Å². The molecule has 0 amide bonds. The van der Waals surface area contributed by atoms with Crippen molar-refractivity contribution >= 4 is 15.8 Å². The minimum Gasteiger partial charge on any atom is -0.480 e. The van der Waals surface area contributed by atoms with Crippen molar-refractivity contribution in [3.05, 3.63) is 0 Å². The first kappa shape index (κ1) is 15.4. The third kappa shape index (κ3) is 3.68. The Hall–Kier alpha value is -0.620. The molecule has 1 N–H and O–H groups in total. The highest BCUT2D eigenvalue weighted by Crippen LogP contribution is 2.27. The van der Waals surface area contributed by atoms with E-state index >= 15 is 0 Å². The van der Waals surface area contributed by atoms with Gasteiger partial charge in [0.1, 0.15) is 5.54 Å². The van der Waals surface area contributed by atoms with Crippen LogP contribution in [0.2, 0.25) is 0 Å². The molecule has 5 nitrogen and oxygen atoms in total. The molecule has 6 heteroatoms. The summed E-state index contributed by atoms with van der Waals surface area (Å²) in [7, 11) is -3.04. The van der Waals surface area contributed by atoms with Crippen LogP contribution >= 0.6 is 0 Å². The SMILES string of the molecule is CCCS(=O)(=O)CCN1CCCCC1(C)C(=O)O. The molecule has 0 radical (unpaired) electrons. The largest absolute Gasteiger partial charge is 0.480 e. The van der Waals surface area contributed by atoms with Crippen molar-refractivity contribution in [2.45, 2.75) is 45.1 Å². The van der Waals surface area contributed by atoms with Crippen LogP contribution in [-0.2, 0) is 14.6 Å². The van der Waals surface area contributed by atoms with Gasteiger partial charge in [0.15, 0.2) is 9.84 Å². The monoisotopic (exact) mass is 277 g/mol. The number of rotatable bonds is 6. The first-order valence-corrected chi connectivity index (χ1v) is 8.33. The standard InChI is InChI=1S/C12H23NO4S/c1-3-9-18(16,17)10-8-13-7-5-4-6-12(13,2)11(14)15/h3-10H2,1-2H3,(H,14,15). The number of likely N-dealkylation sites (tertiary alicyclic amines) is 1. The summed E-state index contributed by atoms with van der Waals surface area (Å²) in [6.07, 6.45) is 3.03. The Labute approximate surface area is 109 Å². The number of sulfone groups is 1. The lowest BCUT2D eigenvalue weighted by molar-refractivity contribution is -0.152. The van der Waals surface area contributed by atoms with Gasteiger partial charge in [-0.25, -0.2) is 8.42 Å². The second-order valence-corrected chi connectivity index (χ2v) is 7.48. The van der Waals surface area contributed by atoms with Gasteiger partial charge in [0.2, 0.25) is 0 Å². The van der Waals surface area contributed by atoms with Gasteiger partial charge in [-0.05, 0) is 39.2 Å². The van der Waals surface area contributed by atoms with E-state index in [0.29, 0.717) is 25.9 Å². The third-order valence-corrected chi connectivity index (χ3v) is 5.52. The smallest absolute Gasteiger partial charge is 0.323 e. The third-order valence-electron chi connectivity index (χ3n) is 3.69. The maximum Gasteiger partial charge on any atom is 0.323 e. The summed E-state index contributed by atoms with van der Waals surface area (Å²) in [5.74, 6) is -0.607. The lowest BCUT2D eigenvalue weighted by Crippen LogP contribution is -2.56. The Morgan fingerprint density at radius 1 is 1.33 bits per heavy atom. The van der Waals surface area contributed by atoms with Gasteiger partial charge in [-0.2, -0.15) is 0 Å². The van der Waals surface area contributed by atoms with E-state index in [4.69, 9.17) is 0 Å². The molecule has 1 heterocycles. The fraction of sp³-hybridized carbons (Fsp3) is 0.917. The molecule has 1 rings (SSSR count). The molecule has 0 aromatic heterocycles. The van der Waals surface area contributed by atoms with Crippen molar-refractivity contribution in [1.29, 1.82) is 0 Å². The van der Waals surface area contributed by atoms with E-state index in [1.807, 2.05) is 11.8 Å². The molecule has 1 unspecified atom stereocenters. The van der Waals surface area contributed by atoms with Crippen LogP contribution in [0.1, 0.15) is 39.5 Å². The highest BCUT2D eigenvalue weighted by atomic mass is 32.2. The molecule has 1 aliphatic heterocycles. The summed E-state index contributed by atoms with van der Waals surface area (Å²) in [6, 6.07) is 0. The van der Waals surface area contributed by atoms with Crippen LogP contribution in [0, 0.1) is 0 Å². The Kier molecular flexibility index (Phi) is 5.16. The average Bonchev–Trinajstić information content (AvgIpc) is 2.27. The number of hydrogen-bond acceptors (Lipinski definition) is 4. The Morgan fingerprint density at radius 3 is 2.56 bits per heavy atom. The molecule has 0 aromatic carbocycles. The van der Waals surface area contributed by atoms with Gasteiger partial charge < -0.3 is 5.11 Å². The number of carbonyl (C=O) groups is 1. The minimum absolute atomic E-state index is 0.0592. The number of carboxylic acids is 1. The van der Waals surface area contributed by atoms with Crippen LogP contribution in [0.4, 0.5) is 0 Å². The van der Waals surface area contributed by atoms with Gasteiger partial charge in [-0.3, -0.25) is 9.69 Å². The fourth-order valence-corrected chi connectivity index (χ4v) is 3.76. The summed E-state index contributed by atoms with van der Waals surface area (Å²) >= 11 is 0. The van der Waals surface area contributed by atoms with E-state index in [1.165, 1.54) is 0 Å². The first-order chi connectivity index (χ1) is 8.32. The van der Waals surface area contributed by atoms with Crippen molar-refractivity contribution in [3.63, 3.8) is 0 Å². The molecular weight excluding hydrogens is 254 g/mol. The lowest BCUT2D eigenvalue weighted by Gasteiger charge is -2.41. The van der Waals surface area contributed by atoms with Gasteiger partial charge in [-0.1, -0.05) is 6.92 Å². The molecule has 1 saturated heterocycles. The number of hydrogen-bond donors (Lipinski definition) is 1. The molecule has 18 heavy (non-hydrogen) atoms. The zero-order valence-electron chi connectivity index (χ0n) is 11.2. The topological polar surface area (TPSA) is 74.7 Å². The maximum atomic E-state index is 11.7. The zero-order valence-corrected chi connectivity index (χ0v) is 12.0. The Morgan fingerprint density at radius 2 is 2.00 bits per heavy atom. The van der Waals surface area contributed by atoms with Gasteiger partial charge in [-0.15, -0.1) is 0 Å². The van der Waals surface area contributed by atoms with Gasteiger partial charge in [0.25, 0.3) is 0 Å². The number of nitrogens with zero attached hydrogens (tertiary/aromatic N) is 1. The molecule has 0 bridgehead atoms. The molecule has 1 fully saturated rings. The van der Waals surface area contributed by atoms with E-state index in [0.717, 1.165) is 12.8 Å². The zero-order chi connectivity index (χ0) is 13.8. The van der Waals surface area contributed by atoms with Crippen LogP contribution in [0.15, 0.2) is 0 Å². The van der Waals surface area contributed by atoms with E-state index < -0.39 is 21.3 Å². The molecule has 0 saturated carbocycles. The predicted octanol–water partition coefficient (Wildman–Crippen LogP) is 1.14. The van der Waals surface area contributed by atoms with Crippen LogP contribution < -0.4 is 0 Å². The second-order valence-electron chi connectivity index (χ2n) is 5.17. The van der Waals surface area contributed by atoms with Crippen LogP contribution in [0.3, 0.4) is 0 Å². The second kappa shape index (κ2) is 6.02. The molecule has 0 spiro atoms. The Bertz CT molecular complexity index is 393. The van der Waals surface area contributed by atoms with Crippen molar-refractivity contribution < 1.29 is 18.3 Å². The van der Waals surface area contributed by atoms with E-state index in [1.54, 1.807) is 6.92 Å². The summed E-state index contributed by atoms with van der Waals surface area (Å²) in [5.41, 5.74) is -0.903. The van der Waals surface area contributed by atoms with Crippen molar-refractivity contribution in [3.8, 4) is 0 Å². The van der Waals surface area contributed by atoms with Crippen LogP contribution in [0.25, 0.3) is 0 Å². The highest BCUT2D eigenvalue weighted by Gasteiger charge is 2.41. The normalized spacial score (nSPS) is 26.1. The quantitative estimate of drug-likeness (QED) is 0.788. The van der Waals surface area contributed by atoms with Gasteiger partial charge in [0, 0.05) is 12.3 Å². The number of carboxylic acid groups (broad SMARTS) is 1. The molecule has 1 atom stereocenters. The van der Waals surface area contributed by atoms with Crippen LogP contribution in [0.5, 0.6) is 0 Å². The highest BCUT2D eigenvalue weighted by molar-refractivity contribution is 7.91. The fourth-order valence-electron chi connectivity index (χ4n) is 2.44. The summed E-state index contributed by atoms with van der Waals surface area (Å²) in [5, 5.41) is 9.31. The van der Waals surface area contributed by atoms with Crippen LogP contribution in [-0.4, -0.2) is 54.5 Å². The molecular formula is C12H23NO4S. The van der Waals surface area contributed by atoms with Gasteiger partial charge >= 0.3 is 5.97 Å². The number of piperidine rings is 1. The predicted molar refractivity (Wildman–Crippen MR) is 70.4 cm³/mol. The van der Waals surface area contributed by atoms with Crippen molar-refractivity contribution in [2.75, 3.05) is 24.6 Å². The van der Waals surface area contributed by atoms with Crippen molar-refractivity contribution in [1.82, 2.24) is 4.90 Å². The van der Waals surface area contributed by atoms with E-state index in [9.17, 15) is 18.3 Å². The van der Waals surface area contributed by atoms with Crippen molar-refractivity contribution in [2.24, 2.45) is 0 Å². The summed E-state index contributed by atoms with van der Waals surface area (Å²) in [6.45, 7) is 4.52. The maximum absolute atomic E-state index is 11.7. The molecule has 0 aromatic rings. The minimum atomic E-state index is -3.04. The molecule has 1 aliphatic rings. The van der Waals surface area contributed by atoms with Gasteiger partial charge in [0.05, 0.1) is 5.75 Å². The summed E-state index contributed by atoms with van der Waals surface area (Å²) < 4.78 is 23.4. The molecule has 106 valence electrons. The average molecular weight is 277 g/mol. The molecule has 0 aliphatic carbocycles. The first-order valence-electron chi connectivity index (χ1n) is 6.51. The lowest BCUT2D eigenvalue weighted by atomic mass is 9.88. The Balaban J connectivity index is 2.67. The summed E-state index contributed by atoms with van der Waals surface area (Å²) in [4.78, 5) is 13.2. The number of aliphatic carboxylic acids is 1. The van der Waals surface area contributed by atoms with E-state index in [2.05, 4.69) is 0 Å².